The van der Waals surface area contributed by atoms with E-state index in [1.165, 1.54) is 77.0 Å². The van der Waals surface area contributed by atoms with E-state index >= 15 is 0 Å². The van der Waals surface area contributed by atoms with Gasteiger partial charge in [0.05, 0.1) is 0 Å². The largest absolute Gasteiger partial charge is 0.480 e. The highest BCUT2D eigenvalue weighted by atomic mass is 16.5. The predicted molar refractivity (Wildman–Crippen MR) is 166 cm³/mol. The van der Waals surface area contributed by atoms with Crippen molar-refractivity contribution >= 4 is 17.8 Å². The zero-order valence-corrected chi connectivity index (χ0v) is 25.9. The number of unbranched alkanes of at least 4 members (excludes halogenated alkanes) is 16. The molecule has 0 heterocycles. The van der Waals surface area contributed by atoms with Gasteiger partial charge in [0.25, 0.3) is 0 Å². The summed E-state index contributed by atoms with van der Waals surface area (Å²) in [5.74, 6) is -1.35. The van der Waals surface area contributed by atoms with Crippen molar-refractivity contribution in [3.05, 3.63) is 24.3 Å². The first-order valence-electron chi connectivity index (χ1n) is 16.5. The number of rotatable bonds is 29. The van der Waals surface area contributed by atoms with Gasteiger partial charge in [-0.25, -0.2) is 0 Å². The van der Waals surface area contributed by atoms with E-state index in [2.05, 4.69) is 37.4 Å². The summed E-state index contributed by atoms with van der Waals surface area (Å²) in [6.07, 6.45) is 33.4. The van der Waals surface area contributed by atoms with Crippen LogP contribution in [0.2, 0.25) is 0 Å². The molecule has 0 aliphatic rings. The standard InChI is InChI=1S/C34H61NO5/c1-3-5-7-8-9-10-11-12-13-14-15-16-17-18-19-25-29-34(39)40-31(26-22-6-4-2)27-23-20-21-24-28-32(36)35-30-33(37)38/h13-14,22,26,31H,3-12,15-21,23-25,27-30H2,1-2H3,(H,35,36)(H,37,38)/b14-13-,26-22-. The number of aliphatic carboxylic acids is 1. The molecule has 0 spiro atoms. The Morgan fingerprint density at radius 1 is 0.650 bits per heavy atom. The molecule has 2 N–H and O–H groups in total. The van der Waals surface area contributed by atoms with Crippen LogP contribution in [0.25, 0.3) is 0 Å². The third-order valence-corrected chi connectivity index (χ3v) is 7.06. The van der Waals surface area contributed by atoms with Crippen LogP contribution >= 0.6 is 0 Å². The number of esters is 1. The third kappa shape index (κ3) is 28.9. The molecule has 0 bridgehead atoms. The van der Waals surface area contributed by atoms with Crippen LogP contribution in [-0.2, 0) is 19.1 Å². The van der Waals surface area contributed by atoms with E-state index < -0.39 is 5.97 Å². The number of allylic oxidation sites excluding steroid dienone is 3. The van der Waals surface area contributed by atoms with Crippen LogP contribution in [-0.4, -0.2) is 35.6 Å². The molecule has 1 unspecified atom stereocenters. The van der Waals surface area contributed by atoms with Gasteiger partial charge in [0.2, 0.25) is 5.91 Å². The average Bonchev–Trinajstić information content (AvgIpc) is 2.93. The van der Waals surface area contributed by atoms with Crippen molar-refractivity contribution in [1.29, 1.82) is 0 Å². The first-order valence-corrected chi connectivity index (χ1v) is 16.5. The zero-order valence-electron chi connectivity index (χ0n) is 25.9. The maximum Gasteiger partial charge on any atom is 0.322 e. The van der Waals surface area contributed by atoms with Crippen molar-refractivity contribution in [3.63, 3.8) is 0 Å². The first-order chi connectivity index (χ1) is 19.5. The minimum Gasteiger partial charge on any atom is -0.480 e. The van der Waals surface area contributed by atoms with Crippen LogP contribution in [0.5, 0.6) is 0 Å². The van der Waals surface area contributed by atoms with E-state index in [1.807, 2.05) is 6.08 Å². The van der Waals surface area contributed by atoms with Gasteiger partial charge in [-0.15, -0.1) is 0 Å². The smallest absolute Gasteiger partial charge is 0.322 e. The Morgan fingerprint density at radius 3 is 1.80 bits per heavy atom. The lowest BCUT2D eigenvalue weighted by atomic mass is 10.1. The molecule has 6 nitrogen and oxygen atoms in total. The number of nitrogens with one attached hydrogen (secondary N) is 1. The predicted octanol–water partition coefficient (Wildman–Crippen LogP) is 9.22. The Labute approximate surface area is 245 Å². The lowest BCUT2D eigenvalue weighted by molar-refractivity contribution is -0.147. The summed E-state index contributed by atoms with van der Waals surface area (Å²) >= 11 is 0. The molecule has 232 valence electrons. The second-order valence-corrected chi connectivity index (χ2v) is 11.1. The zero-order chi connectivity index (χ0) is 29.5. The summed E-state index contributed by atoms with van der Waals surface area (Å²) in [4.78, 5) is 34.5. The number of carbonyl (C=O) groups excluding carboxylic acids is 2. The molecule has 0 radical (unpaired) electrons. The van der Waals surface area contributed by atoms with Crippen LogP contribution in [0.1, 0.15) is 162 Å². The summed E-state index contributed by atoms with van der Waals surface area (Å²) < 4.78 is 5.77. The molecule has 1 atom stereocenters. The van der Waals surface area contributed by atoms with Crippen LogP contribution in [0.4, 0.5) is 0 Å². The van der Waals surface area contributed by atoms with Crippen LogP contribution in [0.3, 0.4) is 0 Å². The Morgan fingerprint density at radius 2 is 1.20 bits per heavy atom. The highest BCUT2D eigenvalue weighted by molar-refractivity contribution is 5.80. The van der Waals surface area contributed by atoms with Crippen LogP contribution < -0.4 is 5.32 Å². The van der Waals surface area contributed by atoms with E-state index in [4.69, 9.17) is 9.84 Å². The average molecular weight is 564 g/mol. The Hall–Kier alpha value is -2.11. The molecule has 0 aromatic heterocycles. The molecule has 0 saturated heterocycles. The van der Waals surface area contributed by atoms with E-state index in [9.17, 15) is 14.4 Å². The Kier molecular flexibility index (Phi) is 28.3. The number of ether oxygens (including phenoxy) is 1. The topological polar surface area (TPSA) is 92.7 Å². The number of hydrogen-bond acceptors (Lipinski definition) is 4. The highest BCUT2D eigenvalue weighted by Gasteiger charge is 2.11. The molecule has 0 rings (SSSR count). The van der Waals surface area contributed by atoms with E-state index in [-0.39, 0.29) is 24.5 Å². The minimum absolute atomic E-state index is 0.102. The van der Waals surface area contributed by atoms with Gasteiger partial charge in [0.15, 0.2) is 0 Å². The number of amides is 1. The molecule has 6 heteroatoms. The fourth-order valence-corrected chi connectivity index (χ4v) is 4.60. The second kappa shape index (κ2) is 29.9. The molecular formula is C34H61NO5. The van der Waals surface area contributed by atoms with Gasteiger partial charge in [-0.1, -0.05) is 109 Å². The van der Waals surface area contributed by atoms with Crippen molar-refractivity contribution in [1.82, 2.24) is 5.32 Å². The molecule has 1 amide bonds. The monoisotopic (exact) mass is 563 g/mol. The van der Waals surface area contributed by atoms with Crippen LogP contribution in [0, 0.1) is 0 Å². The van der Waals surface area contributed by atoms with Crippen molar-refractivity contribution in [2.75, 3.05) is 6.54 Å². The van der Waals surface area contributed by atoms with Crippen molar-refractivity contribution in [2.45, 2.75) is 168 Å². The number of carboxylic acid groups (broad SMARTS) is 1. The molecule has 40 heavy (non-hydrogen) atoms. The Balaban J connectivity index is 3.85. The summed E-state index contributed by atoms with van der Waals surface area (Å²) in [6.45, 7) is 4.07. The minimum atomic E-state index is -1.03. The molecule has 0 aromatic rings. The lowest BCUT2D eigenvalue weighted by Gasteiger charge is -2.15. The lowest BCUT2D eigenvalue weighted by Crippen LogP contribution is -2.28. The van der Waals surface area contributed by atoms with Gasteiger partial charge < -0.3 is 15.2 Å². The Bertz CT molecular complexity index is 673. The molecule has 0 aromatic carbocycles. The highest BCUT2D eigenvalue weighted by Crippen LogP contribution is 2.14. The fraction of sp³-hybridized carbons (Fsp3) is 0.794. The normalized spacial score (nSPS) is 12.2. The SMILES string of the molecule is CCC/C=C\C(CCCCCCC(=O)NCC(=O)O)OC(=O)CCCCCCC/C=C\CCCCCCCCC. The molecular weight excluding hydrogens is 502 g/mol. The number of carbonyl (C=O) groups is 3. The fourth-order valence-electron chi connectivity index (χ4n) is 4.60. The van der Waals surface area contributed by atoms with Crippen molar-refractivity contribution in [2.24, 2.45) is 0 Å². The second-order valence-electron chi connectivity index (χ2n) is 11.1. The maximum absolute atomic E-state index is 12.4. The van der Waals surface area contributed by atoms with Gasteiger partial charge in [-0.2, -0.15) is 0 Å². The molecule has 0 aliphatic carbocycles. The number of hydrogen-bond donors (Lipinski definition) is 2. The van der Waals surface area contributed by atoms with E-state index in [0.717, 1.165) is 57.8 Å². The summed E-state index contributed by atoms with van der Waals surface area (Å²) in [7, 11) is 0. The third-order valence-electron chi connectivity index (χ3n) is 7.06. The van der Waals surface area contributed by atoms with Gasteiger partial charge in [0, 0.05) is 12.8 Å². The molecule has 0 aliphatic heterocycles. The van der Waals surface area contributed by atoms with E-state index in [0.29, 0.717) is 12.8 Å². The number of carboxylic acids is 1. The van der Waals surface area contributed by atoms with Gasteiger partial charge in [-0.3, -0.25) is 14.4 Å². The summed E-state index contributed by atoms with van der Waals surface area (Å²) in [5, 5.41) is 11.0. The van der Waals surface area contributed by atoms with Gasteiger partial charge in [-0.05, 0) is 63.9 Å². The maximum atomic E-state index is 12.4. The van der Waals surface area contributed by atoms with Crippen LogP contribution in [0.15, 0.2) is 24.3 Å². The first kappa shape index (κ1) is 37.9. The quantitative estimate of drug-likeness (QED) is 0.0537. The van der Waals surface area contributed by atoms with Gasteiger partial charge >= 0.3 is 11.9 Å². The van der Waals surface area contributed by atoms with Crippen molar-refractivity contribution < 1.29 is 24.2 Å². The van der Waals surface area contributed by atoms with E-state index in [1.54, 1.807) is 0 Å². The van der Waals surface area contributed by atoms with Gasteiger partial charge in [0.1, 0.15) is 12.6 Å². The summed E-state index contributed by atoms with van der Waals surface area (Å²) in [6, 6.07) is 0. The molecule has 0 saturated carbocycles. The summed E-state index contributed by atoms with van der Waals surface area (Å²) in [5.41, 5.74) is 0. The van der Waals surface area contributed by atoms with Crippen molar-refractivity contribution in [3.8, 4) is 0 Å². The molecule has 0 fully saturated rings.